The standard InChI is InChI=1S/C20H22N2O.ClH/c23-20(22-11-14-9-21-10-15(14)12-22)19-8-18(19)17-7-3-5-13-4-1-2-6-16(13)17;/h1-7,14-15,18-19,21H,8-12H2;1H/t14-,15+,18?,19?;. The number of rotatable bonds is 2. The summed E-state index contributed by atoms with van der Waals surface area (Å²) in [4.78, 5) is 15.0. The summed E-state index contributed by atoms with van der Waals surface area (Å²) < 4.78 is 0. The molecule has 5 rings (SSSR count). The Labute approximate surface area is 148 Å². The molecule has 2 aromatic rings. The summed E-state index contributed by atoms with van der Waals surface area (Å²) in [7, 11) is 0. The van der Waals surface area contributed by atoms with Crippen molar-refractivity contribution in [3.8, 4) is 0 Å². The molecule has 24 heavy (non-hydrogen) atoms. The van der Waals surface area contributed by atoms with Crippen LogP contribution in [0.3, 0.4) is 0 Å². The van der Waals surface area contributed by atoms with Gasteiger partial charge in [-0.05, 0) is 40.5 Å². The highest BCUT2D eigenvalue weighted by atomic mass is 35.5. The third-order valence-electron chi connectivity index (χ3n) is 6.03. The van der Waals surface area contributed by atoms with Crippen molar-refractivity contribution < 1.29 is 4.79 Å². The van der Waals surface area contributed by atoms with Crippen molar-refractivity contribution in [3.63, 3.8) is 0 Å². The van der Waals surface area contributed by atoms with Crippen molar-refractivity contribution in [3.05, 3.63) is 48.0 Å². The monoisotopic (exact) mass is 342 g/mol. The number of amides is 1. The van der Waals surface area contributed by atoms with E-state index in [2.05, 4.69) is 52.7 Å². The normalized spacial score (nSPS) is 30.9. The lowest BCUT2D eigenvalue weighted by atomic mass is 10.00. The molecule has 2 aromatic carbocycles. The Hall–Kier alpha value is -1.58. The van der Waals surface area contributed by atoms with Crippen LogP contribution in [0.5, 0.6) is 0 Å². The molecule has 0 radical (unpaired) electrons. The molecule has 4 heteroatoms. The summed E-state index contributed by atoms with van der Waals surface area (Å²) in [6.45, 7) is 4.11. The number of nitrogens with one attached hydrogen (secondary N) is 1. The third-order valence-corrected chi connectivity index (χ3v) is 6.03. The fraction of sp³-hybridized carbons (Fsp3) is 0.450. The highest BCUT2D eigenvalue weighted by Gasteiger charge is 2.49. The molecule has 1 amide bonds. The summed E-state index contributed by atoms with van der Waals surface area (Å²) in [5.41, 5.74) is 1.36. The van der Waals surface area contributed by atoms with E-state index in [0.717, 1.165) is 32.6 Å². The molecule has 1 aliphatic carbocycles. The summed E-state index contributed by atoms with van der Waals surface area (Å²) in [6, 6.07) is 15.0. The lowest BCUT2D eigenvalue weighted by Gasteiger charge is -2.17. The molecule has 2 aliphatic heterocycles. The van der Waals surface area contributed by atoms with Crippen LogP contribution in [0.15, 0.2) is 42.5 Å². The van der Waals surface area contributed by atoms with Crippen LogP contribution >= 0.6 is 12.4 Å². The van der Waals surface area contributed by atoms with Gasteiger partial charge < -0.3 is 10.2 Å². The first kappa shape index (κ1) is 15.9. The Morgan fingerprint density at radius 3 is 2.50 bits per heavy atom. The summed E-state index contributed by atoms with van der Waals surface area (Å²) >= 11 is 0. The van der Waals surface area contributed by atoms with Gasteiger partial charge in [0.1, 0.15) is 0 Å². The molecule has 2 heterocycles. The van der Waals surface area contributed by atoms with Gasteiger partial charge in [-0.2, -0.15) is 0 Å². The quantitative estimate of drug-likeness (QED) is 0.909. The van der Waals surface area contributed by atoms with Crippen LogP contribution in [0.2, 0.25) is 0 Å². The Kier molecular flexibility index (Phi) is 4.01. The molecule has 1 saturated carbocycles. The molecule has 0 aromatic heterocycles. The van der Waals surface area contributed by atoms with Gasteiger partial charge in [-0.25, -0.2) is 0 Å². The van der Waals surface area contributed by atoms with E-state index in [1.165, 1.54) is 16.3 Å². The second-order valence-corrected chi connectivity index (χ2v) is 7.44. The maximum absolute atomic E-state index is 12.9. The van der Waals surface area contributed by atoms with Crippen molar-refractivity contribution in [2.24, 2.45) is 17.8 Å². The minimum atomic E-state index is 0. The number of benzene rings is 2. The molecule has 4 atom stereocenters. The van der Waals surface area contributed by atoms with Crippen molar-refractivity contribution in [2.45, 2.75) is 12.3 Å². The van der Waals surface area contributed by atoms with Gasteiger partial charge in [0, 0.05) is 32.1 Å². The first-order valence-corrected chi connectivity index (χ1v) is 8.78. The molecule has 2 unspecified atom stereocenters. The van der Waals surface area contributed by atoms with Gasteiger partial charge in [0.25, 0.3) is 0 Å². The first-order chi connectivity index (χ1) is 11.3. The Morgan fingerprint density at radius 2 is 1.71 bits per heavy atom. The molecule has 3 fully saturated rings. The van der Waals surface area contributed by atoms with Crippen LogP contribution in [-0.2, 0) is 4.79 Å². The zero-order chi connectivity index (χ0) is 15.4. The van der Waals surface area contributed by atoms with Gasteiger partial charge in [-0.1, -0.05) is 42.5 Å². The van der Waals surface area contributed by atoms with Crippen LogP contribution in [0.4, 0.5) is 0 Å². The minimum Gasteiger partial charge on any atom is -0.342 e. The van der Waals surface area contributed by atoms with Crippen LogP contribution in [0.1, 0.15) is 17.9 Å². The van der Waals surface area contributed by atoms with Gasteiger partial charge in [-0.3, -0.25) is 4.79 Å². The Morgan fingerprint density at radius 1 is 1.00 bits per heavy atom. The van der Waals surface area contributed by atoms with Crippen LogP contribution in [-0.4, -0.2) is 37.0 Å². The van der Waals surface area contributed by atoms with Crippen LogP contribution in [0, 0.1) is 17.8 Å². The minimum absolute atomic E-state index is 0. The average molecular weight is 343 g/mol. The molecular formula is C20H23ClN2O. The molecule has 126 valence electrons. The van der Waals surface area contributed by atoms with Gasteiger partial charge in [-0.15, -0.1) is 12.4 Å². The SMILES string of the molecule is Cl.O=C(C1CC1c1cccc2ccccc12)N1C[C@H]2CNC[C@H]2C1. The lowest BCUT2D eigenvalue weighted by Crippen LogP contribution is -2.33. The van der Waals surface area contributed by atoms with Crippen LogP contribution < -0.4 is 5.32 Å². The summed E-state index contributed by atoms with van der Waals surface area (Å²) in [5.74, 6) is 2.42. The molecular weight excluding hydrogens is 320 g/mol. The molecule has 0 spiro atoms. The summed E-state index contributed by atoms with van der Waals surface area (Å²) in [6.07, 6.45) is 1.02. The predicted octanol–water partition coefficient (Wildman–Crippen LogP) is 3.04. The largest absolute Gasteiger partial charge is 0.342 e. The lowest BCUT2D eigenvalue weighted by molar-refractivity contribution is -0.131. The van der Waals surface area contributed by atoms with E-state index >= 15 is 0 Å². The number of hydrogen-bond donors (Lipinski definition) is 1. The first-order valence-electron chi connectivity index (χ1n) is 8.78. The Balaban J connectivity index is 0.00000146. The number of nitrogens with zero attached hydrogens (tertiary/aromatic N) is 1. The van der Waals surface area contributed by atoms with Crippen LogP contribution in [0.25, 0.3) is 10.8 Å². The molecule has 2 saturated heterocycles. The van der Waals surface area contributed by atoms with Crippen molar-refractivity contribution in [1.82, 2.24) is 10.2 Å². The van der Waals surface area contributed by atoms with Crippen molar-refractivity contribution in [2.75, 3.05) is 26.2 Å². The zero-order valence-electron chi connectivity index (χ0n) is 13.7. The predicted molar refractivity (Wildman–Crippen MR) is 98.5 cm³/mol. The molecule has 0 bridgehead atoms. The van der Waals surface area contributed by atoms with E-state index in [1.807, 2.05) is 0 Å². The maximum atomic E-state index is 12.9. The topological polar surface area (TPSA) is 32.3 Å². The number of carbonyl (C=O) groups is 1. The number of likely N-dealkylation sites (tertiary alicyclic amines) is 1. The van der Waals surface area contributed by atoms with E-state index in [1.54, 1.807) is 0 Å². The average Bonchev–Trinajstić information content (AvgIpc) is 3.07. The highest BCUT2D eigenvalue weighted by Crippen LogP contribution is 2.51. The number of fused-ring (bicyclic) bond motifs is 2. The number of halogens is 1. The van der Waals surface area contributed by atoms with Gasteiger partial charge >= 0.3 is 0 Å². The molecule has 3 nitrogen and oxygen atoms in total. The molecule has 3 aliphatic rings. The second-order valence-electron chi connectivity index (χ2n) is 7.44. The highest BCUT2D eigenvalue weighted by molar-refractivity contribution is 5.89. The number of carbonyl (C=O) groups excluding carboxylic acids is 1. The smallest absolute Gasteiger partial charge is 0.226 e. The third kappa shape index (κ3) is 2.51. The van der Waals surface area contributed by atoms with Gasteiger partial charge in [0.15, 0.2) is 0 Å². The Bertz CT molecular complexity index is 760. The second kappa shape index (κ2) is 6.05. The van der Waals surface area contributed by atoms with Gasteiger partial charge in [0.2, 0.25) is 5.91 Å². The van der Waals surface area contributed by atoms with E-state index in [0.29, 0.717) is 23.7 Å². The van der Waals surface area contributed by atoms with E-state index < -0.39 is 0 Å². The van der Waals surface area contributed by atoms with E-state index in [9.17, 15) is 4.79 Å². The fourth-order valence-corrected chi connectivity index (χ4v) is 4.66. The van der Waals surface area contributed by atoms with E-state index in [-0.39, 0.29) is 18.3 Å². The molecule has 1 N–H and O–H groups in total. The summed E-state index contributed by atoms with van der Waals surface area (Å²) in [5, 5.41) is 6.05. The fourth-order valence-electron chi connectivity index (χ4n) is 4.66. The zero-order valence-corrected chi connectivity index (χ0v) is 14.5. The van der Waals surface area contributed by atoms with Gasteiger partial charge in [0.05, 0.1) is 0 Å². The number of hydrogen-bond acceptors (Lipinski definition) is 2. The van der Waals surface area contributed by atoms with Crippen molar-refractivity contribution >= 4 is 29.1 Å². The van der Waals surface area contributed by atoms with Crippen molar-refractivity contribution in [1.29, 1.82) is 0 Å². The maximum Gasteiger partial charge on any atom is 0.226 e. The van der Waals surface area contributed by atoms with E-state index in [4.69, 9.17) is 0 Å².